The van der Waals surface area contributed by atoms with Crippen LogP contribution in [0.15, 0.2) is 0 Å². The highest BCUT2D eigenvalue weighted by molar-refractivity contribution is 4.51. The molecule has 0 heterocycles. The van der Waals surface area contributed by atoms with E-state index in [0.29, 0.717) is 0 Å². The van der Waals surface area contributed by atoms with Gasteiger partial charge in [0, 0.05) is 0 Å². The van der Waals surface area contributed by atoms with Crippen molar-refractivity contribution >= 4 is 0 Å². The van der Waals surface area contributed by atoms with Crippen LogP contribution in [0.4, 0.5) is 0 Å². The molecule has 4 nitrogen and oxygen atoms in total. The fraction of sp³-hybridized carbons (Fsp3) is 1.00. The van der Waals surface area contributed by atoms with Crippen molar-refractivity contribution in [2.24, 2.45) is 22.9 Å². The third-order valence-corrected chi connectivity index (χ3v) is 7.57. The van der Waals surface area contributed by atoms with Crippen LogP contribution in [-0.4, -0.2) is 26.2 Å². The highest BCUT2D eigenvalue weighted by atomic mass is 14.5. The zero-order chi connectivity index (χ0) is 27.3. The Balaban J connectivity index is 0. The Morgan fingerprint density at radius 3 is 0.297 bits per heavy atom. The second-order valence-electron chi connectivity index (χ2n) is 11.4. The first kappa shape index (κ1) is 39.0. The summed E-state index contributed by atoms with van der Waals surface area (Å²) in [6.45, 7) is 3.47. The standard InChI is InChI=1S/C17H38N2.C16H36N2/c18-16-14-12-10-8-6-4-2-1-3-5-7-9-11-13-15-17-19;17-15-13-11-9-7-5-3-1-2-4-6-8-10-12-14-16-18/h1-19H2;1-18H2. The van der Waals surface area contributed by atoms with Crippen LogP contribution in [0.1, 0.15) is 186 Å². The minimum atomic E-state index is 0.866. The molecule has 0 unspecified atom stereocenters. The molecule has 0 aliphatic carbocycles. The third-order valence-electron chi connectivity index (χ3n) is 7.57. The lowest BCUT2D eigenvalue weighted by atomic mass is 10.0. The van der Waals surface area contributed by atoms with Gasteiger partial charge in [-0.25, -0.2) is 0 Å². The van der Waals surface area contributed by atoms with Crippen molar-refractivity contribution in [3.05, 3.63) is 0 Å². The van der Waals surface area contributed by atoms with E-state index in [2.05, 4.69) is 0 Å². The van der Waals surface area contributed by atoms with Crippen molar-refractivity contribution in [1.29, 1.82) is 0 Å². The lowest BCUT2D eigenvalue weighted by Gasteiger charge is -2.03. The average Bonchev–Trinajstić information content (AvgIpc) is 2.91. The van der Waals surface area contributed by atoms with Crippen LogP contribution >= 0.6 is 0 Å². The maximum absolute atomic E-state index is 5.48. The van der Waals surface area contributed by atoms with Crippen LogP contribution in [0, 0.1) is 0 Å². The normalized spacial score (nSPS) is 11.0. The van der Waals surface area contributed by atoms with Crippen molar-refractivity contribution in [3.63, 3.8) is 0 Å². The van der Waals surface area contributed by atoms with Gasteiger partial charge in [0.05, 0.1) is 0 Å². The van der Waals surface area contributed by atoms with Crippen LogP contribution in [0.3, 0.4) is 0 Å². The van der Waals surface area contributed by atoms with Crippen molar-refractivity contribution < 1.29 is 0 Å². The Kier molecular flexibility index (Phi) is 42.5. The molecule has 0 rings (SSSR count). The van der Waals surface area contributed by atoms with Crippen LogP contribution in [0.5, 0.6) is 0 Å². The molecule has 0 bridgehead atoms. The van der Waals surface area contributed by atoms with Gasteiger partial charge in [0.2, 0.25) is 0 Å². The van der Waals surface area contributed by atoms with Gasteiger partial charge >= 0.3 is 0 Å². The Morgan fingerprint density at radius 1 is 0.135 bits per heavy atom. The molecule has 0 fully saturated rings. The summed E-state index contributed by atoms with van der Waals surface area (Å²) in [5.41, 5.74) is 21.9. The second kappa shape index (κ2) is 40.3. The van der Waals surface area contributed by atoms with Crippen LogP contribution in [0.25, 0.3) is 0 Å². The van der Waals surface area contributed by atoms with Crippen molar-refractivity contribution in [1.82, 2.24) is 0 Å². The van der Waals surface area contributed by atoms with Crippen molar-refractivity contribution in [2.45, 2.75) is 186 Å². The summed E-state index contributed by atoms with van der Waals surface area (Å²) in [6.07, 6.45) is 40.1. The Bertz CT molecular complexity index is 319. The summed E-state index contributed by atoms with van der Waals surface area (Å²) in [7, 11) is 0. The third kappa shape index (κ3) is 43.2. The van der Waals surface area contributed by atoms with Gasteiger partial charge in [0.25, 0.3) is 0 Å². The van der Waals surface area contributed by atoms with Gasteiger partial charge < -0.3 is 22.9 Å². The summed E-state index contributed by atoms with van der Waals surface area (Å²) in [4.78, 5) is 0. The van der Waals surface area contributed by atoms with E-state index in [-0.39, 0.29) is 0 Å². The first-order valence-corrected chi connectivity index (χ1v) is 17.1. The topological polar surface area (TPSA) is 104 Å². The molecule has 0 atom stereocenters. The molecule has 226 valence electrons. The minimum Gasteiger partial charge on any atom is -0.330 e. The van der Waals surface area contributed by atoms with Crippen LogP contribution < -0.4 is 22.9 Å². The Morgan fingerprint density at radius 2 is 0.216 bits per heavy atom. The molecule has 0 aliphatic heterocycles. The summed E-state index contributed by atoms with van der Waals surface area (Å²) in [6, 6.07) is 0. The molecule has 0 aliphatic rings. The van der Waals surface area contributed by atoms with Crippen molar-refractivity contribution in [2.75, 3.05) is 26.2 Å². The molecule has 0 saturated carbocycles. The van der Waals surface area contributed by atoms with Crippen LogP contribution in [0.2, 0.25) is 0 Å². The monoisotopic (exact) mass is 527 g/mol. The molecule has 0 aromatic rings. The smallest absolute Gasteiger partial charge is 0.00773 e. The maximum atomic E-state index is 5.48. The lowest BCUT2D eigenvalue weighted by molar-refractivity contribution is 0.531. The SMILES string of the molecule is NCCCCCCCCCCCCCCCCCN.NCCCCCCCCCCCCCCCCN. The summed E-state index contributed by atoms with van der Waals surface area (Å²) < 4.78 is 0. The van der Waals surface area contributed by atoms with Crippen molar-refractivity contribution in [3.8, 4) is 0 Å². The predicted molar refractivity (Wildman–Crippen MR) is 170 cm³/mol. The largest absolute Gasteiger partial charge is 0.330 e. The highest BCUT2D eigenvalue weighted by Gasteiger charge is 1.95. The molecule has 8 N–H and O–H groups in total. The maximum Gasteiger partial charge on any atom is -0.00773 e. The van der Waals surface area contributed by atoms with E-state index in [9.17, 15) is 0 Å². The van der Waals surface area contributed by atoms with Gasteiger partial charge in [0.1, 0.15) is 0 Å². The molecule has 0 aromatic carbocycles. The minimum absolute atomic E-state index is 0.866. The second-order valence-corrected chi connectivity index (χ2v) is 11.4. The Hall–Kier alpha value is -0.160. The first-order valence-electron chi connectivity index (χ1n) is 17.1. The average molecular weight is 527 g/mol. The molecule has 4 heteroatoms. The van der Waals surface area contributed by atoms with Gasteiger partial charge in [-0.1, -0.05) is 161 Å². The molecule has 0 radical (unpaired) electrons. The van der Waals surface area contributed by atoms with Gasteiger partial charge in [-0.2, -0.15) is 0 Å². The molecule has 37 heavy (non-hydrogen) atoms. The van der Waals surface area contributed by atoms with Gasteiger partial charge in [-0.3, -0.25) is 0 Å². The zero-order valence-corrected chi connectivity index (χ0v) is 25.6. The number of hydrogen-bond donors (Lipinski definition) is 4. The number of nitrogens with two attached hydrogens (primary N) is 4. The van der Waals surface area contributed by atoms with E-state index in [4.69, 9.17) is 22.9 Å². The summed E-state index contributed by atoms with van der Waals surface area (Å²) in [5.74, 6) is 0. The molecule has 0 aromatic heterocycles. The molecule has 0 saturated heterocycles. The van der Waals surface area contributed by atoms with E-state index in [1.54, 1.807) is 0 Å². The number of hydrogen-bond acceptors (Lipinski definition) is 4. The lowest BCUT2D eigenvalue weighted by Crippen LogP contribution is -1.97. The fourth-order valence-electron chi connectivity index (χ4n) is 5.00. The molecule has 0 amide bonds. The van der Waals surface area contributed by atoms with Gasteiger partial charge in [-0.15, -0.1) is 0 Å². The van der Waals surface area contributed by atoms with E-state index in [0.717, 1.165) is 26.2 Å². The molecular weight excluding hydrogens is 452 g/mol. The zero-order valence-electron chi connectivity index (χ0n) is 25.6. The highest BCUT2D eigenvalue weighted by Crippen LogP contribution is 2.14. The van der Waals surface area contributed by atoms with Gasteiger partial charge in [-0.05, 0) is 51.9 Å². The first-order chi connectivity index (χ1) is 18.3. The quantitative estimate of drug-likeness (QED) is 0.0676. The summed E-state index contributed by atoms with van der Waals surface area (Å²) >= 11 is 0. The van der Waals surface area contributed by atoms with E-state index >= 15 is 0 Å². The number of rotatable bonds is 31. The fourth-order valence-corrected chi connectivity index (χ4v) is 5.00. The van der Waals surface area contributed by atoms with Crippen LogP contribution in [-0.2, 0) is 0 Å². The van der Waals surface area contributed by atoms with Gasteiger partial charge in [0.15, 0.2) is 0 Å². The van der Waals surface area contributed by atoms with E-state index < -0.39 is 0 Å². The summed E-state index contributed by atoms with van der Waals surface area (Å²) in [5, 5.41) is 0. The Labute approximate surface area is 235 Å². The molecule has 0 spiro atoms. The van der Waals surface area contributed by atoms with E-state index in [1.165, 1.54) is 186 Å². The number of unbranched alkanes of at least 4 members (excludes halogenated alkanes) is 27. The predicted octanol–water partition coefficient (Wildman–Crippen LogP) is 9.12. The van der Waals surface area contributed by atoms with E-state index in [1.807, 2.05) is 0 Å². The molecular formula is C33H74N4.